The van der Waals surface area contributed by atoms with Gasteiger partial charge in [-0.15, -0.1) is 0 Å². The molecule has 0 atom stereocenters. The van der Waals surface area contributed by atoms with E-state index in [-0.39, 0.29) is 5.15 Å². The second kappa shape index (κ2) is 8.83. The van der Waals surface area contributed by atoms with Crippen LogP contribution in [0.4, 0.5) is 5.82 Å². The lowest BCUT2D eigenvalue weighted by Gasteiger charge is -2.30. The van der Waals surface area contributed by atoms with Crippen LogP contribution in [0, 0.1) is 22.7 Å². The number of hydrogen-bond acceptors (Lipinski definition) is 6. The Labute approximate surface area is 163 Å². The molecule has 0 unspecified atom stereocenters. The predicted molar refractivity (Wildman–Crippen MR) is 103 cm³/mol. The van der Waals surface area contributed by atoms with Crippen molar-refractivity contribution in [2.75, 3.05) is 32.1 Å². The molecule has 0 saturated heterocycles. The molecule has 0 radical (unpaired) electrons. The molecule has 0 amide bonds. The van der Waals surface area contributed by atoms with Crippen LogP contribution in [0.2, 0.25) is 5.15 Å². The molecule has 1 aliphatic rings. The summed E-state index contributed by atoms with van der Waals surface area (Å²) in [5, 5.41) is 22.0. The molecule has 2 heterocycles. The SMILES string of the molecule is COCCNc1nc(Cl)c(C#N)c2c1CCN(Cc1ccc(C#N)cc1)C2. The molecule has 3 rings (SSSR count). The fraction of sp³-hybridized carbons (Fsp3) is 0.350. The Morgan fingerprint density at radius 1 is 1.22 bits per heavy atom. The fourth-order valence-corrected chi connectivity index (χ4v) is 3.51. The van der Waals surface area contributed by atoms with Crippen LogP contribution >= 0.6 is 11.6 Å². The maximum Gasteiger partial charge on any atom is 0.149 e. The summed E-state index contributed by atoms with van der Waals surface area (Å²) in [6.45, 7) is 3.45. The minimum absolute atomic E-state index is 0.233. The van der Waals surface area contributed by atoms with Gasteiger partial charge in [-0.2, -0.15) is 10.5 Å². The average molecular weight is 382 g/mol. The monoisotopic (exact) mass is 381 g/mol. The molecule has 0 aliphatic carbocycles. The summed E-state index contributed by atoms with van der Waals surface area (Å²) >= 11 is 6.27. The molecule has 1 aliphatic heterocycles. The highest BCUT2D eigenvalue weighted by molar-refractivity contribution is 6.30. The number of nitrogens with one attached hydrogen (secondary N) is 1. The van der Waals surface area contributed by atoms with E-state index >= 15 is 0 Å². The average Bonchev–Trinajstić information content (AvgIpc) is 2.69. The van der Waals surface area contributed by atoms with Crippen molar-refractivity contribution < 1.29 is 4.74 Å². The number of rotatable bonds is 6. The minimum atomic E-state index is 0.233. The minimum Gasteiger partial charge on any atom is -0.383 e. The molecule has 27 heavy (non-hydrogen) atoms. The largest absolute Gasteiger partial charge is 0.383 e. The van der Waals surface area contributed by atoms with Crippen LogP contribution in [0.3, 0.4) is 0 Å². The molecule has 1 aromatic carbocycles. The van der Waals surface area contributed by atoms with Crippen LogP contribution in [0.5, 0.6) is 0 Å². The molecular formula is C20H20ClN5O. The number of methoxy groups -OCH3 is 1. The zero-order valence-corrected chi connectivity index (χ0v) is 15.9. The molecular weight excluding hydrogens is 362 g/mol. The van der Waals surface area contributed by atoms with Crippen LogP contribution in [-0.2, 0) is 24.2 Å². The van der Waals surface area contributed by atoms with Crippen LogP contribution in [0.1, 0.15) is 27.8 Å². The number of nitrogens with zero attached hydrogens (tertiary/aromatic N) is 4. The lowest BCUT2D eigenvalue weighted by Crippen LogP contribution is -2.32. The van der Waals surface area contributed by atoms with E-state index in [2.05, 4.69) is 27.3 Å². The van der Waals surface area contributed by atoms with E-state index in [4.69, 9.17) is 21.6 Å². The van der Waals surface area contributed by atoms with Crippen molar-refractivity contribution >= 4 is 17.4 Å². The highest BCUT2D eigenvalue weighted by Crippen LogP contribution is 2.32. The van der Waals surface area contributed by atoms with E-state index in [1.54, 1.807) is 7.11 Å². The van der Waals surface area contributed by atoms with Gasteiger partial charge in [0.15, 0.2) is 0 Å². The van der Waals surface area contributed by atoms with Gasteiger partial charge in [-0.3, -0.25) is 4.90 Å². The highest BCUT2D eigenvalue weighted by Gasteiger charge is 2.25. The van der Waals surface area contributed by atoms with Gasteiger partial charge in [0.1, 0.15) is 17.0 Å². The van der Waals surface area contributed by atoms with Gasteiger partial charge in [0.25, 0.3) is 0 Å². The Bertz CT molecular complexity index is 899. The zero-order chi connectivity index (χ0) is 19.2. The molecule has 0 saturated carbocycles. The van der Waals surface area contributed by atoms with E-state index in [1.807, 2.05) is 24.3 Å². The summed E-state index contributed by atoms with van der Waals surface area (Å²) in [4.78, 5) is 6.66. The van der Waals surface area contributed by atoms with Gasteiger partial charge in [-0.25, -0.2) is 4.98 Å². The van der Waals surface area contributed by atoms with Crippen molar-refractivity contribution in [1.29, 1.82) is 10.5 Å². The smallest absolute Gasteiger partial charge is 0.149 e. The van der Waals surface area contributed by atoms with Gasteiger partial charge < -0.3 is 10.1 Å². The number of nitriles is 2. The molecule has 1 N–H and O–H groups in total. The topological polar surface area (TPSA) is 85.0 Å². The van der Waals surface area contributed by atoms with E-state index in [0.29, 0.717) is 30.8 Å². The Morgan fingerprint density at radius 3 is 2.67 bits per heavy atom. The molecule has 0 bridgehead atoms. The van der Waals surface area contributed by atoms with Gasteiger partial charge in [-0.1, -0.05) is 23.7 Å². The van der Waals surface area contributed by atoms with Crippen LogP contribution < -0.4 is 5.32 Å². The van der Waals surface area contributed by atoms with Gasteiger partial charge in [-0.05, 0) is 29.7 Å². The summed E-state index contributed by atoms with van der Waals surface area (Å²) in [7, 11) is 1.65. The number of anilines is 1. The zero-order valence-electron chi connectivity index (χ0n) is 15.1. The number of benzene rings is 1. The molecule has 2 aromatic rings. The summed E-state index contributed by atoms with van der Waals surface area (Å²) in [6, 6.07) is 11.9. The number of halogens is 1. The van der Waals surface area contributed by atoms with Gasteiger partial charge in [0.2, 0.25) is 0 Å². The lowest BCUT2D eigenvalue weighted by molar-refractivity contribution is 0.210. The molecule has 1 aromatic heterocycles. The second-order valence-corrected chi connectivity index (χ2v) is 6.74. The number of fused-ring (bicyclic) bond motifs is 1. The quantitative estimate of drug-likeness (QED) is 0.611. The molecule has 0 fully saturated rings. The molecule has 7 heteroatoms. The third-order valence-corrected chi connectivity index (χ3v) is 4.90. The summed E-state index contributed by atoms with van der Waals surface area (Å²) < 4.78 is 5.08. The molecule has 0 spiro atoms. The first kappa shape index (κ1) is 19.1. The van der Waals surface area contributed by atoms with Crippen molar-refractivity contribution in [3.63, 3.8) is 0 Å². The third-order valence-electron chi connectivity index (χ3n) is 4.63. The fourth-order valence-electron chi connectivity index (χ4n) is 3.27. The first-order valence-electron chi connectivity index (χ1n) is 8.71. The lowest BCUT2D eigenvalue weighted by atomic mass is 9.96. The van der Waals surface area contributed by atoms with Crippen LogP contribution in [-0.4, -0.2) is 36.7 Å². The number of ether oxygens (including phenoxy) is 1. The van der Waals surface area contributed by atoms with Crippen molar-refractivity contribution in [3.05, 3.63) is 57.2 Å². The Morgan fingerprint density at radius 2 is 2.00 bits per heavy atom. The van der Waals surface area contributed by atoms with E-state index in [1.165, 1.54) is 0 Å². The van der Waals surface area contributed by atoms with Crippen molar-refractivity contribution in [3.8, 4) is 12.1 Å². The van der Waals surface area contributed by atoms with Gasteiger partial charge in [0, 0.05) is 38.9 Å². The summed E-state index contributed by atoms with van der Waals surface area (Å²) in [5.41, 5.74) is 4.24. The van der Waals surface area contributed by atoms with Crippen molar-refractivity contribution in [1.82, 2.24) is 9.88 Å². The first-order chi connectivity index (χ1) is 13.2. The number of hydrogen-bond donors (Lipinski definition) is 1. The van der Waals surface area contributed by atoms with Crippen molar-refractivity contribution in [2.45, 2.75) is 19.5 Å². The number of aromatic nitrogens is 1. The second-order valence-electron chi connectivity index (χ2n) is 6.38. The highest BCUT2D eigenvalue weighted by atomic mass is 35.5. The molecule has 138 valence electrons. The summed E-state index contributed by atoms with van der Waals surface area (Å²) in [5.74, 6) is 0.740. The first-order valence-corrected chi connectivity index (χ1v) is 9.09. The summed E-state index contributed by atoms with van der Waals surface area (Å²) in [6.07, 6.45) is 0.791. The van der Waals surface area contributed by atoms with E-state index in [0.717, 1.165) is 42.0 Å². The Kier molecular flexibility index (Phi) is 6.26. The predicted octanol–water partition coefficient (Wildman–Crippen LogP) is 3.09. The van der Waals surface area contributed by atoms with E-state index < -0.39 is 0 Å². The Hall–Kier alpha value is -2.64. The normalized spacial score (nSPS) is 13.5. The number of pyridine rings is 1. The third kappa shape index (κ3) is 4.37. The van der Waals surface area contributed by atoms with Crippen molar-refractivity contribution in [2.24, 2.45) is 0 Å². The maximum atomic E-state index is 9.55. The van der Waals surface area contributed by atoms with E-state index in [9.17, 15) is 5.26 Å². The van der Waals surface area contributed by atoms with Crippen LogP contribution in [0.25, 0.3) is 0 Å². The van der Waals surface area contributed by atoms with Gasteiger partial charge in [0.05, 0.1) is 23.8 Å². The van der Waals surface area contributed by atoms with Crippen LogP contribution in [0.15, 0.2) is 24.3 Å². The van der Waals surface area contributed by atoms with Gasteiger partial charge >= 0.3 is 0 Å². The standard InChI is InChI=1S/C20H20ClN5O/c1-27-9-7-24-20-16-6-8-26(12-15-4-2-14(10-22)3-5-15)13-18(16)17(11-23)19(21)25-20/h2-5H,6-9,12-13H2,1H3,(H,24,25). The Balaban J connectivity index is 1.82. The maximum absolute atomic E-state index is 9.55. The molecule has 6 nitrogen and oxygen atoms in total.